The van der Waals surface area contributed by atoms with Crippen LogP contribution in [0.1, 0.15) is 49.3 Å². The summed E-state index contributed by atoms with van der Waals surface area (Å²) < 4.78 is 5.55. The molecular weight excluding hydrogens is 210 g/mol. The van der Waals surface area contributed by atoms with E-state index in [0.717, 1.165) is 12.8 Å². The van der Waals surface area contributed by atoms with Crippen molar-refractivity contribution in [3.8, 4) is 11.8 Å². The third-order valence-corrected chi connectivity index (χ3v) is 2.56. The van der Waals surface area contributed by atoms with Crippen molar-refractivity contribution >= 4 is 0 Å². The zero-order chi connectivity index (χ0) is 12.7. The van der Waals surface area contributed by atoms with Crippen LogP contribution < -0.4 is 4.74 Å². The van der Waals surface area contributed by atoms with Crippen molar-refractivity contribution in [2.75, 3.05) is 6.61 Å². The minimum absolute atomic E-state index is 0.390. The summed E-state index contributed by atoms with van der Waals surface area (Å²) in [5.74, 6) is 0.568. The first-order valence-corrected chi connectivity index (χ1v) is 5.91. The van der Waals surface area contributed by atoms with Crippen LogP contribution in [0.3, 0.4) is 0 Å². The van der Waals surface area contributed by atoms with Gasteiger partial charge in [-0.3, -0.25) is 0 Å². The van der Waals surface area contributed by atoms with Crippen molar-refractivity contribution < 1.29 is 4.74 Å². The van der Waals surface area contributed by atoms with E-state index in [9.17, 15) is 0 Å². The van der Waals surface area contributed by atoms with Crippen LogP contribution >= 0.6 is 0 Å². The number of benzene rings is 1. The summed E-state index contributed by atoms with van der Waals surface area (Å²) in [4.78, 5) is 0. The van der Waals surface area contributed by atoms with E-state index in [-0.39, 0.29) is 0 Å². The molecule has 0 unspecified atom stereocenters. The van der Waals surface area contributed by atoms with Gasteiger partial charge in [0.05, 0.1) is 18.2 Å². The van der Waals surface area contributed by atoms with E-state index in [0.29, 0.717) is 29.0 Å². The molecule has 1 aromatic carbocycles. The molecule has 0 aliphatic heterocycles. The second kappa shape index (κ2) is 6.96. The molecule has 0 fully saturated rings. The van der Waals surface area contributed by atoms with Gasteiger partial charge in [0.2, 0.25) is 0 Å². The summed E-state index contributed by atoms with van der Waals surface area (Å²) in [6, 6.07) is 5.16. The van der Waals surface area contributed by atoms with Crippen LogP contribution in [0.25, 0.3) is 0 Å². The van der Waals surface area contributed by atoms with Gasteiger partial charge < -0.3 is 4.74 Å². The molecule has 2 nitrogen and oxygen atoms in total. The Morgan fingerprint density at radius 2 is 1.94 bits per heavy atom. The normalized spacial score (nSPS) is 10.0. The van der Waals surface area contributed by atoms with Gasteiger partial charge in [-0.2, -0.15) is 5.26 Å². The Labute approximate surface area is 104 Å². The molecule has 0 amide bonds. The molecule has 2 heteroatoms. The first-order chi connectivity index (χ1) is 8.19. The fraction of sp³-hybridized carbons (Fsp3) is 0.400. The highest BCUT2D eigenvalue weighted by atomic mass is 16.5. The van der Waals surface area contributed by atoms with Gasteiger partial charge in [0.15, 0.2) is 0 Å². The second-order valence-electron chi connectivity index (χ2n) is 4.00. The first kappa shape index (κ1) is 13.6. The van der Waals surface area contributed by atoms with Crippen LogP contribution in [0.15, 0.2) is 12.1 Å². The van der Waals surface area contributed by atoms with Crippen molar-refractivity contribution in [3.05, 3.63) is 42.7 Å². The molecule has 0 saturated heterocycles. The lowest BCUT2D eigenvalue weighted by Gasteiger charge is -2.10. The van der Waals surface area contributed by atoms with E-state index in [2.05, 4.69) is 6.92 Å². The maximum Gasteiger partial charge on any atom is 0.123 e. The number of unbranched alkanes of at least 4 members (excludes halogenated alkanes) is 3. The lowest BCUT2D eigenvalue weighted by Crippen LogP contribution is -2.00. The van der Waals surface area contributed by atoms with Crippen molar-refractivity contribution in [2.45, 2.75) is 32.6 Å². The summed E-state index contributed by atoms with van der Waals surface area (Å²) in [5, 5.41) is 8.78. The van der Waals surface area contributed by atoms with Gasteiger partial charge in [0.1, 0.15) is 5.75 Å². The standard InChI is InChI=1S/C15H17NO/c1-4-5-6-7-8-17-15-10-12(2)14(11-16)9-13(15)3/h2-3,9-10H,4-8H2,1H3. The Hall–Kier alpha value is -1.49. The molecule has 4 radical (unpaired) electrons. The molecule has 0 aromatic heterocycles. The van der Waals surface area contributed by atoms with Crippen LogP contribution in [0.4, 0.5) is 0 Å². The predicted octanol–water partition coefficient (Wildman–Crippen LogP) is 3.64. The number of ether oxygens (including phenoxy) is 1. The number of rotatable bonds is 6. The molecule has 1 aromatic rings. The second-order valence-corrected chi connectivity index (χ2v) is 4.00. The minimum atomic E-state index is 0.390. The zero-order valence-electron chi connectivity index (χ0n) is 10.2. The van der Waals surface area contributed by atoms with Crippen LogP contribution in [0.5, 0.6) is 5.75 Å². The zero-order valence-corrected chi connectivity index (χ0v) is 10.2. The van der Waals surface area contributed by atoms with E-state index >= 15 is 0 Å². The average Bonchev–Trinajstić information content (AvgIpc) is 2.32. The van der Waals surface area contributed by atoms with Gasteiger partial charge >= 0.3 is 0 Å². The monoisotopic (exact) mass is 227 g/mol. The Bertz CT molecular complexity index is 404. The van der Waals surface area contributed by atoms with E-state index in [1.807, 2.05) is 6.07 Å². The number of nitriles is 1. The maximum atomic E-state index is 8.78. The van der Waals surface area contributed by atoms with Crippen molar-refractivity contribution in [1.82, 2.24) is 0 Å². The van der Waals surface area contributed by atoms with Crippen LogP contribution in [-0.4, -0.2) is 6.61 Å². The fourth-order valence-corrected chi connectivity index (χ4v) is 1.55. The molecule has 0 spiro atoms. The molecule has 0 atom stereocenters. The third-order valence-electron chi connectivity index (χ3n) is 2.56. The summed E-state index contributed by atoms with van der Waals surface area (Å²) in [6.45, 7) is 14.3. The molecule has 0 heterocycles. The summed E-state index contributed by atoms with van der Waals surface area (Å²) in [7, 11) is 0. The lowest BCUT2D eigenvalue weighted by atomic mass is 10.1. The molecule has 17 heavy (non-hydrogen) atoms. The molecule has 0 bridgehead atoms. The average molecular weight is 227 g/mol. The molecule has 0 N–H and O–H groups in total. The van der Waals surface area contributed by atoms with Crippen molar-refractivity contribution in [1.29, 1.82) is 5.26 Å². The highest BCUT2D eigenvalue weighted by Gasteiger charge is 2.05. The number of hydrogen-bond acceptors (Lipinski definition) is 2. The fourth-order valence-electron chi connectivity index (χ4n) is 1.55. The van der Waals surface area contributed by atoms with Gasteiger partial charge in [-0.15, -0.1) is 0 Å². The Morgan fingerprint density at radius 3 is 2.59 bits per heavy atom. The van der Waals surface area contributed by atoms with Gasteiger partial charge in [0, 0.05) is 13.8 Å². The first-order valence-electron chi connectivity index (χ1n) is 5.91. The van der Waals surface area contributed by atoms with Gasteiger partial charge in [0.25, 0.3) is 0 Å². The largest absolute Gasteiger partial charge is 0.493 e. The maximum absolute atomic E-state index is 8.78. The lowest BCUT2D eigenvalue weighted by molar-refractivity contribution is 0.304. The smallest absolute Gasteiger partial charge is 0.123 e. The molecule has 88 valence electrons. The van der Waals surface area contributed by atoms with E-state index < -0.39 is 0 Å². The van der Waals surface area contributed by atoms with Crippen LogP contribution in [0.2, 0.25) is 0 Å². The predicted molar refractivity (Wildman–Crippen MR) is 67.6 cm³/mol. The highest BCUT2D eigenvalue weighted by molar-refractivity contribution is 5.50. The summed E-state index contributed by atoms with van der Waals surface area (Å²) in [5.41, 5.74) is 1.26. The van der Waals surface area contributed by atoms with E-state index in [1.165, 1.54) is 12.8 Å². The van der Waals surface area contributed by atoms with Gasteiger partial charge in [-0.1, -0.05) is 26.2 Å². The van der Waals surface area contributed by atoms with Crippen LogP contribution in [-0.2, 0) is 0 Å². The van der Waals surface area contributed by atoms with Crippen molar-refractivity contribution in [2.24, 2.45) is 0 Å². The third kappa shape index (κ3) is 4.11. The highest BCUT2D eigenvalue weighted by Crippen LogP contribution is 2.22. The van der Waals surface area contributed by atoms with E-state index in [4.69, 9.17) is 23.8 Å². The molecule has 1 rings (SSSR count). The summed E-state index contributed by atoms with van der Waals surface area (Å²) >= 11 is 0. The minimum Gasteiger partial charge on any atom is -0.493 e. The molecule has 0 aliphatic carbocycles. The van der Waals surface area contributed by atoms with Crippen molar-refractivity contribution in [3.63, 3.8) is 0 Å². The molecule has 0 aliphatic rings. The van der Waals surface area contributed by atoms with Gasteiger partial charge in [-0.25, -0.2) is 0 Å². The SMILES string of the molecule is [CH]c1cc(OCCCCCC)c([CH])cc1C#N. The Kier molecular flexibility index (Phi) is 5.56. The van der Waals surface area contributed by atoms with Gasteiger partial charge in [-0.05, 0) is 29.7 Å². The van der Waals surface area contributed by atoms with E-state index in [1.54, 1.807) is 12.1 Å². The topological polar surface area (TPSA) is 33.0 Å². The quantitative estimate of drug-likeness (QED) is 0.695. The number of nitrogens with zero attached hydrogens (tertiary/aromatic N) is 1. The summed E-state index contributed by atoms with van der Waals surface area (Å²) in [6.07, 6.45) is 4.58. The van der Waals surface area contributed by atoms with Crippen LogP contribution in [0, 0.1) is 25.2 Å². The molecular formula is C15H17NO. The Morgan fingerprint density at radius 1 is 1.18 bits per heavy atom. The molecule has 0 saturated carbocycles. The Balaban J connectivity index is 2.54. The number of hydrogen-bond donors (Lipinski definition) is 0.